The molecule has 3 aromatic rings. The number of aliphatic imine (C=N–C) groups is 1. The highest BCUT2D eigenvalue weighted by atomic mass is 32.1. The molecule has 0 unspecified atom stereocenters. The number of hydrogen-bond donors (Lipinski definition) is 1. The second kappa shape index (κ2) is 9.14. The molecule has 6 nitrogen and oxygen atoms in total. The van der Waals surface area contributed by atoms with E-state index in [2.05, 4.69) is 17.2 Å². The average Bonchev–Trinajstić information content (AvgIpc) is 3.23. The minimum atomic E-state index is -0.246. The number of fused-ring (bicyclic) bond motifs is 1. The number of rotatable bonds is 6. The van der Waals surface area contributed by atoms with Crippen molar-refractivity contribution in [2.75, 3.05) is 30.4 Å². The molecule has 0 spiro atoms. The van der Waals surface area contributed by atoms with Gasteiger partial charge in [-0.05, 0) is 59.8 Å². The highest BCUT2D eigenvalue weighted by molar-refractivity contribution is 7.15. The van der Waals surface area contributed by atoms with Crippen LogP contribution in [0, 0.1) is 0 Å². The van der Waals surface area contributed by atoms with Crippen LogP contribution in [0.15, 0.2) is 65.0 Å². The van der Waals surface area contributed by atoms with E-state index >= 15 is 0 Å². The molecule has 0 radical (unpaired) electrons. The van der Waals surface area contributed by atoms with Crippen LogP contribution in [0.1, 0.15) is 23.6 Å². The fourth-order valence-electron chi connectivity index (χ4n) is 3.44. The number of hydrogen-bond acceptors (Lipinski definition) is 5. The van der Waals surface area contributed by atoms with Crippen molar-refractivity contribution < 1.29 is 14.3 Å². The van der Waals surface area contributed by atoms with E-state index in [0.29, 0.717) is 5.69 Å². The highest BCUT2D eigenvalue weighted by Crippen LogP contribution is 2.32. The summed E-state index contributed by atoms with van der Waals surface area (Å²) in [7, 11) is 1.62. The summed E-state index contributed by atoms with van der Waals surface area (Å²) in [4.78, 5) is 31.6. The van der Waals surface area contributed by atoms with Crippen LogP contribution in [0.5, 0.6) is 5.75 Å². The van der Waals surface area contributed by atoms with Crippen LogP contribution in [0.25, 0.3) is 0 Å². The summed E-state index contributed by atoms with van der Waals surface area (Å²) in [5.74, 6) is 0.304. The summed E-state index contributed by atoms with van der Waals surface area (Å²) in [6.45, 7) is 2.01. The van der Waals surface area contributed by atoms with Gasteiger partial charge in [0.2, 0.25) is 11.8 Å². The molecule has 0 fully saturated rings. The number of ether oxygens (including phenoxy) is 1. The lowest BCUT2D eigenvalue weighted by molar-refractivity contribution is -0.120. The molecule has 0 aliphatic carbocycles. The maximum Gasteiger partial charge on any atom is 0.249 e. The van der Waals surface area contributed by atoms with Gasteiger partial charge in [0.25, 0.3) is 0 Å². The smallest absolute Gasteiger partial charge is 0.249 e. The quantitative estimate of drug-likeness (QED) is 0.635. The second-order valence-corrected chi connectivity index (χ2v) is 8.01. The zero-order valence-corrected chi connectivity index (χ0v) is 18.2. The Hall–Kier alpha value is -3.45. The molecule has 0 saturated carbocycles. The molecule has 0 bridgehead atoms. The third kappa shape index (κ3) is 4.51. The number of methoxy groups -OCH3 is 1. The molecular formula is C24H23N3O3S. The molecule has 1 aromatic heterocycles. The largest absolute Gasteiger partial charge is 0.497 e. The van der Waals surface area contributed by atoms with Crippen molar-refractivity contribution in [1.82, 2.24) is 0 Å². The van der Waals surface area contributed by atoms with Crippen LogP contribution in [0.3, 0.4) is 0 Å². The molecule has 1 aliphatic heterocycles. The van der Waals surface area contributed by atoms with E-state index in [9.17, 15) is 9.59 Å². The molecular weight excluding hydrogens is 410 g/mol. The Balaban J connectivity index is 1.55. The molecule has 0 atom stereocenters. The van der Waals surface area contributed by atoms with E-state index in [4.69, 9.17) is 4.74 Å². The normalized spacial score (nSPS) is 13.3. The van der Waals surface area contributed by atoms with Crippen molar-refractivity contribution in [2.24, 2.45) is 4.99 Å². The van der Waals surface area contributed by atoms with Gasteiger partial charge in [-0.15, -0.1) is 11.3 Å². The fourth-order valence-corrected chi connectivity index (χ4v) is 4.36. The number of carbonyl (C=O) groups excluding carboxylic acids is 2. The van der Waals surface area contributed by atoms with Gasteiger partial charge in [0, 0.05) is 16.8 Å². The van der Waals surface area contributed by atoms with Crippen molar-refractivity contribution in [1.29, 1.82) is 0 Å². The third-order valence-electron chi connectivity index (χ3n) is 5.13. The van der Waals surface area contributed by atoms with Gasteiger partial charge in [-0.1, -0.05) is 19.1 Å². The average molecular weight is 434 g/mol. The summed E-state index contributed by atoms with van der Waals surface area (Å²) in [5.41, 5.74) is 4.40. The predicted molar refractivity (Wildman–Crippen MR) is 125 cm³/mol. The van der Waals surface area contributed by atoms with Gasteiger partial charge in [0.05, 0.1) is 12.8 Å². The lowest BCUT2D eigenvalue weighted by Gasteiger charge is -2.20. The number of nitrogens with one attached hydrogen (secondary N) is 1. The zero-order valence-electron chi connectivity index (χ0n) is 17.4. The molecule has 1 aliphatic rings. The standard InChI is InChI=1S/C24H23N3O3S/c1-3-16-4-8-18(9-5-16)26-21(28)15-27-22(29)14-25-23(20-12-13-31-24(20)27)17-6-10-19(30-2)11-7-17/h4-13H,3,14-15H2,1-2H3,(H,26,28). The Morgan fingerprint density at radius 1 is 1.13 bits per heavy atom. The molecule has 2 amide bonds. The topological polar surface area (TPSA) is 71.0 Å². The molecule has 7 heteroatoms. The number of aryl methyl sites for hydroxylation is 1. The van der Waals surface area contributed by atoms with Gasteiger partial charge in [0.15, 0.2) is 0 Å². The molecule has 2 aromatic carbocycles. The van der Waals surface area contributed by atoms with Gasteiger partial charge in [-0.25, -0.2) is 0 Å². The van der Waals surface area contributed by atoms with Crippen LogP contribution in [0.2, 0.25) is 0 Å². The number of thiophene rings is 1. The van der Waals surface area contributed by atoms with E-state index in [1.807, 2.05) is 60.0 Å². The minimum Gasteiger partial charge on any atom is -0.497 e. The first-order valence-electron chi connectivity index (χ1n) is 10.0. The molecule has 31 heavy (non-hydrogen) atoms. The van der Waals surface area contributed by atoms with E-state index in [0.717, 1.165) is 34.0 Å². The van der Waals surface area contributed by atoms with Gasteiger partial charge in [-0.2, -0.15) is 0 Å². The van der Waals surface area contributed by atoms with Crippen molar-refractivity contribution >= 4 is 39.6 Å². The second-order valence-electron chi connectivity index (χ2n) is 7.11. The van der Waals surface area contributed by atoms with Gasteiger partial charge >= 0.3 is 0 Å². The maximum absolute atomic E-state index is 12.8. The monoisotopic (exact) mass is 433 g/mol. The highest BCUT2D eigenvalue weighted by Gasteiger charge is 2.28. The summed E-state index contributed by atoms with van der Waals surface area (Å²) in [6, 6.07) is 17.2. The Bertz CT molecular complexity index is 1120. The van der Waals surface area contributed by atoms with E-state index in [-0.39, 0.29) is 24.9 Å². The number of amides is 2. The third-order valence-corrected chi connectivity index (χ3v) is 6.07. The van der Waals surface area contributed by atoms with Crippen molar-refractivity contribution in [3.05, 3.63) is 76.7 Å². The van der Waals surface area contributed by atoms with Gasteiger partial charge in [-0.3, -0.25) is 19.5 Å². The van der Waals surface area contributed by atoms with Crippen LogP contribution >= 0.6 is 11.3 Å². The fraction of sp³-hybridized carbons (Fsp3) is 0.208. The van der Waals surface area contributed by atoms with Crippen LogP contribution in [0.4, 0.5) is 10.7 Å². The van der Waals surface area contributed by atoms with Crippen LogP contribution in [-0.2, 0) is 16.0 Å². The van der Waals surface area contributed by atoms with E-state index in [1.165, 1.54) is 21.8 Å². The van der Waals surface area contributed by atoms with Crippen LogP contribution < -0.4 is 15.0 Å². The Morgan fingerprint density at radius 2 is 1.87 bits per heavy atom. The Labute approximate surface area is 185 Å². The number of nitrogens with zero attached hydrogens (tertiary/aromatic N) is 2. The van der Waals surface area contributed by atoms with Gasteiger partial charge < -0.3 is 10.1 Å². The summed E-state index contributed by atoms with van der Waals surface area (Å²) < 4.78 is 5.23. The SMILES string of the molecule is CCc1ccc(NC(=O)CN2C(=O)CN=C(c3ccc(OC)cc3)c3ccsc32)cc1. The summed E-state index contributed by atoms with van der Waals surface area (Å²) in [5, 5.41) is 5.52. The summed E-state index contributed by atoms with van der Waals surface area (Å²) >= 11 is 1.43. The molecule has 0 saturated heterocycles. The first-order valence-corrected chi connectivity index (χ1v) is 10.9. The first kappa shape index (κ1) is 20.8. The minimum absolute atomic E-state index is 0.0127. The Morgan fingerprint density at radius 3 is 2.55 bits per heavy atom. The van der Waals surface area contributed by atoms with E-state index < -0.39 is 0 Å². The van der Waals surface area contributed by atoms with E-state index in [1.54, 1.807) is 7.11 Å². The van der Waals surface area contributed by atoms with Crippen LogP contribution in [-0.4, -0.2) is 37.7 Å². The number of carbonyl (C=O) groups is 2. The first-order chi connectivity index (χ1) is 15.1. The summed E-state index contributed by atoms with van der Waals surface area (Å²) in [6.07, 6.45) is 0.939. The lowest BCUT2D eigenvalue weighted by Crippen LogP contribution is -2.38. The predicted octanol–water partition coefficient (Wildman–Crippen LogP) is 4.14. The van der Waals surface area contributed by atoms with Crippen molar-refractivity contribution in [3.8, 4) is 5.75 Å². The number of benzene rings is 2. The maximum atomic E-state index is 12.8. The van der Waals surface area contributed by atoms with Crippen molar-refractivity contribution in [3.63, 3.8) is 0 Å². The molecule has 4 rings (SSSR count). The molecule has 158 valence electrons. The molecule has 2 heterocycles. The Kier molecular flexibility index (Phi) is 6.13. The zero-order chi connectivity index (χ0) is 21.8. The van der Waals surface area contributed by atoms with Crippen molar-refractivity contribution in [2.45, 2.75) is 13.3 Å². The molecule has 1 N–H and O–H groups in total. The number of anilines is 2. The van der Waals surface area contributed by atoms with Gasteiger partial charge in [0.1, 0.15) is 23.8 Å². The lowest BCUT2D eigenvalue weighted by atomic mass is 10.0.